The molecule has 0 aliphatic carbocycles. The van der Waals surface area contributed by atoms with E-state index in [2.05, 4.69) is 25.8 Å². The summed E-state index contributed by atoms with van der Waals surface area (Å²) in [4.78, 5) is 6.62. The van der Waals surface area contributed by atoms with Crippen LogP contribution in [0.15, 0.2) is 53.7 Å². The molecular formula is C21H32N4O2. The number of guanidine groups is 1. The van der Waals surface area contributed by atoms with Gasteiger partial charge in [-0.2, -0.15) is 0 Å². The molecule has 0 aliphatic heterocycles. The summed E-state index contributed by atoms with van der Waals surface area (Å²) in [6.45, 7) is 6.08. The van der Waals surface area contributed by atoms with Crippen LogP contribution < -0.4 is 5.32 Å². The molecule has 0 saturated carbocycles. The number of ether oxygens (including phenoxy) is 1. The predicted octanol–water partition coefficient (Wildman–Crippen LogP) is 2.56. The number of aliphatic imine (C=N–C) groups is 1. The SMILES string of the molecule is CCNC(=NCC(O)COC(C)c1ccccc1)N(C)Cc1cccn1C. The average Bonchev–Trinajstić information content (AvgIpc) is 3.08. The largest absolute Gasteiger partial charge is 0.389 e. The number of aliphatic hydroxyl groups is 1. The van der Waals surface area contributed by atoms with Gasteiger partial charge in [0.25, 0.3) is 0 Å². The molecule has 1 aromatic heterocycles. The third kappa shape index (κ3) is 6.73. The standard InChI is InChI=1S/C21H32N4O2/c1-5-22-21(25(4)15-19-12-9-13-24(19)3)23-14-20(26)16-27-17(2)18-10-7-6-8-11-18/h6-13,17,20,26H,5,14-16H2,1-4H3,(H,22,23). The number of aromatic nitrogens is 1. The second kappa shape index (κ2) is 10.7. The van der Waals surface area contributed by atoms with Crippen molar-refractivity contribution in [3.05, 3.63) is 59.9 Å². The van der Waals surface area contributed by atoms with Crippen molar-refractivity contribution >= 4 is 5.96 Å². The minimum absolute atomic E-state index is 0.0573. The average molecular weight is 373 g/mol. The van der Waals surface area contributed by atoms with E-state index in [0.717, 1.165) is 24.6 Å². The van der Waals surface area contributed by atoms with Crippen molar-refractivity contribution in [1.29, 1.82) is 0 Å². The predicted molar refractivity (Wildman–Crippen MR) is 110 cm³/mol. The first-order valence-corrected chi connectivity index (χ1v) is 9.45. The summed E-state index contributed by atoms with van der Waals surface area (Å²) in [5.74, 6) is 0.772. The van der Waals surface area contributed by atoms with Crippen LogP contribution in [0.4, 0.5) is 0 Å². The molecule has 0 fully saturated rings. The fraction of sp³-hybridized carbons (Fsp3) is 0.476. The van der Waals surface area contributed by atoms with E-state index < -0.39 is 6.10 Å². The topological polar surface area (TPSA) is 62.0 Å². The monoisotopic (exact) mass is 372 g/mol. The van der Waals surface area contributed by atoms with Gasteiger partial charge in [0.1, 0.15) is 0 Å². The molecule has 1 aromatic carbocycles. The minimum atomic E-state index is -0.645. The summed E-state index contributed by atoms with van der Waals surface area (Å²) >= 11 is 0. The zero-order valence-corrected chi connectivity index (χ0v) is 16.8. The van der Waals surface area contributed by atoms with Crippen LogP contribution in [0, 0.1) is 0 Å². The lowest BCUT2D eigenvalue weighted by Crippen LogP contribution is -2.39. The highest BCUT2D eigenvalue weighted by molar-refractivity contribution is 5.79. The zero-order chi connectivity index (χ0) is 19.6. The molecule has 0 saturated heterocycles. The van der Waals surface area contributed by atoms with Gasteiger partial charge in [-0.25, -0.2) is 0 Å². The van der Waals surface area contributed by atoms with Gasteiger partial charge >= 0.3 is 0 Å². The Morgan fingerprint density at radius 1 is 1.26 bits per heavy atom. The second-order valence-corrected chi connectivity index (χ2v) is 6.70. The molecule has 0 aliphatic rings. The van der Waals surface area contributed by atoms with E-state index in [-0.39, 0.29) is 12.7 Å². The van der Waals surface area contributed by atoms with E-state index in [1.807, 2.05) is 70.5 Å². The molecule has 148 valence electrons. The summed E-state index contributed by atoms with van der Waals surface area (Å²) in [6.07, 6.45) is 1.33. The number of aliphatic hydroxyl groups excluding tert-OH is 1. The van der Waals surface area contributed by atoms with Crippen LogP contribution in [0.25, 0.3) is 0 Å². The van der Waals surface area contributed by atoms with Gasteiger partial charge < -0.3 is 24.6 Å². The summed E-state index contributed by atoms with van der Waals surface area (Å²) < 4.78 is 7.88. The number of nitrogens with one attached hydrogen (secondary N) is 1. The van der Waals surface area contributed by atoms with Crippen LogP contribution in [0.1, 0.15) is 31.2 Å². The van der Waals surface area contributed by atoms with Crippen LogP contribution in [0.5, 0.6) is 0 Å². The van der Waals surface area contributed by atoms with Gasteiger partial charge in [-0.1, -0.05) is 30.3 Å². The van der Waals surface area contributed by atoms with E-state index >= 15 is 0 Å². The number of aryl methyl sites for hydroxylation is 1. The number of rotatable bonds is 9. The van der Waals surface area contributed by atoms with Crippen LogP contribution in [-0.2, 0) is 18.3 Å². The summed E-state index contributed by atoms with van der Waals surface area (Å²) in [5.41, 5.74) is 2.30. The molecule has 2 atom stereocenters. The maximum atomic E-state index is 10.3. The lowest BCUT2D eigenvalue weighted by atomic mass is 10.1. The Kier molecular flexibility index (Phi) is 8.36. The molecule has 6 nitrogen and oxygen atoms in total. The van der Waals surface area contributed by atoms with E-state index in [1.54, 1.807) is 0 Å². The molecule has 2 N–H and O–H groups in total. The highest BCUT2D eigenvalue weighted by atomic mass is 16.5. The molecule has 0 bridgehead atoms. The fourth-order valence-corrected chi connectivity index (χ4v) is 2.77. The maximum Gasteiger partial charge on any atom is 0.194 e. The Hall–Kier alpha value is -2.31. The van der Waals surface area contributed by atoms with Gasteiger partial charge in [-0.3, -0.25) is 4.99 Å². The van der Waals surface area contributed by atoms with Crippen molar-refractivity contribution in [2.75, 3.05) is 26.7 Å². The van der Waals surface area contributed by atoms with E-state index in [4.69, 9.17) is 4.74 Å². The number of hydrogen-bond acceptors (Lipinski definition) is 3. The Morgan fingerprint density at radius 2 is 2.00 bits per heavy atom. The van der Waals surface area contributed by atoms with Crippen molar-refractivity contribution in [2.45, 2.75) is 32.6 Å². The van der Waals surface area contributed by atoms with Crippen LogP contribution in [0.3, 0.4) is 0 Å². The van der Waals surface area contributed by atoms with Gasteiger partial charge in [0, 0.05) is 32.5 Å². The van der Waals surface area contributed by atoms with Crippen LogP contribution in [-0.4, -0.2) is 53.4 Å². The maximum absolute atomic E-state index is 10.3. The van der Waals surface area contributed by atoms with Crippen molar-refractivity contribution in [1.82, 2.24) is 14.8 Å². The van der Waals surface area contributed by atoms with Gasteiger partial charge in [-0.05, 0) is 31.5 Å². The quantitative estimate of drug-likeness (QED) is 0.525. The van der Waals surface area contributed by atoms with E-state index in [0.29, 0.717) is 6.54 Å². The third-order valence-electron chi connectivity index (χ3n) is 4.41. The Balaban J connectivity index is 1.86. The Bertz CT molecular complexity index is 699. The van der Waals surface area contributed by atoms with Crippen molar-refractivity contribution < 1.29 is 9.84 Å². The Morgan fingerprint density at radius 3 is 2.63 bits per heavy atom. The van der Waals surface area contributed by atoms with Crippen molar-refractivity contribution in [3.8, 4) is 0 Å². The molecule has 0 amide bonds. The molecule has 0 spiro atoms. The van der Waals surface area contributed by atoms with Crippen molar-refractivity contribution in [3.63, 3.8) is 0 Å². The first-order chi connectivity index (χ1) is 13.0. The van der Waals surface area contributed by atoms with Crippen molar-refractivity contribution in [2.24, 2.45) is 12.0 Å². The first kappa shape index (κ1) is 21.0. The highest BCUT2D eigenvalue weighted by Crippen LogP contribution is 2.16. The molecule has 2 aromatic rings. The first-order valence-electron chi connectivity index (χ1n) is 9.45. The number of benzene rings is 1. The third-order valence-corrected chi connectivity index (χ3v) is 4.41. The number of nitrogens with zero attached hydrogens (tertiary/aromatic N) is 3. The molecule has 2 rings (SSSR count). The molecule has 1 heterocycles. The summed E-state index contributed by atoms with van der Waals surface area (Å²) in [5, 5.41) is 13.5. The smallest absolute Gasteiger partial charge is 0.194 e. The van der Waals surface area contributed by atoms with Gasteiger partial charge in [0.2, 0.25) is 0 Å². The Labute approximate surface area is 162 Å². The van der Waals surface area contributed by atoms with Gasteiger partial charge in [0.15, 0.2) is 5.96 Å². The second-order valence-electron chi connectivity index (χ2n) is 6.70. The number of hydrogen-bond donors (Lipinski definition) is 2. The van der Waals surface area contributed by atoms with E-state index in [1.165, 1.54) is 5.69 Å². The molecule has 0 radical (unpaired) electrons. The van der Waals surface area contributed by atoms with Gasteiger partial charge in [0.05, 0.1) is 31.9 Å². The lowest BCUT2D eigenvalue weighted by Gasteiger charge is -2.23. The highest BCUT2D eigenvalue weighted by Gasteiger charge is 2.12. The molecular weight excluding hydrogens is 340 g/mol. The van der Waals surface area contributed by atoms with Gasteiger partial charge in [-0.15, -0.1) is 0 Å². The summed E-state index contributed by atoms with van der Waals surface area (Å²) in [6, 6.07) is 14.1. The van der Waals surface area contributed by atoms with Crippen LogP contribution >= 0.6 is 0 Å². The minimum Gasteiger partial charge on any atom is -0.389 e. The molecule has 2 unspecified atom stereocenters. The zero-order valence-electron chi connectivity index (χ0n) is 16.8. The summed E-state index contributed by atoms with van der Waals surface area (Å²) in [7, 11) is 4.02. The van der Waals surface area contributed by atoms with E-state index in [9.17, 15) is 5.11 Å². The lowest BCUT2D eigenvalue weighted by molar-refractivity contribution is 0.00106. The fourth-order valence-electron chi connectivity index (χ4n) is 2.77. The normalized spacial score (nSPS) is 14.0. The van der Waals surface area contributed by atoms with Crippen LogP contribution in [0.2, 0.25) is 0 Å². The molecule has 6 heteroatoms. The molecule has 27 heavy (non-hydrogen) atoms.